The lowest BCUT2D eigenvalue weighted by Crippen LogP contribution is -2.24. The van der Waals surface area contributed by atoms with Crippen molar-refractivity contribution in [3.63, 3.8) is 0 Å². The summed E-state index contributed by atoms with van der Waals surface area (Å²) in [5.74, 6) is 1.29. The maximum absolute atomic E-state index is 13.3. The van der Waals surface area contributed by atoms with Gasteiger partial charge in [-0.3, -0.25) is 4.79 Å². The molecule has 1 amide bonds. The van der Waals surface area contributed by atoms with Crippen molar-refractivity contribution in [1.82, 2.24) is 14.8 Å². The Balaban J connectivity index is 1.81. The summed E-state index contributed by atoms with van der Waals surface area (Å²) in [6.07, 6.45) is 0. The molecule has 7 heteroatoms. The number of rotatable bonds is 3. The molecule has 29 heavy (non-hydrogen) atoms. The summed E-state index contributed by atoms with van der Waals surface area (Å²) < 4.78 is 12.7. The molecule has 0 saturated carbocycles. The summed E-state index contributed by atoms with van der Waals surface area (Å²) in [6, 6.07) is 7.24. The number of hydrogen-bond donors (Lipinski definition) is 1. The van der Waals surface area contributed by atoms with E-state index in [0.717, 1.165) is 22.4 Å². The SMILES string of the molecule is Cc1nn(C(C)(C)C)c2nc(C(C)C)cc(C(=O)Nc3ccc4c(c3)OCO4)c12. The van der Waals surface area contributed by atoms with E-state index in [4.69, 9.17) is 19.6 Å². The number of aromatic nitrogens is 3. The minimum atomic E-state index is -0.250. The number of nitrogens with zero attached hydrogens (tertiary/aromatic N) is 3. The summed E-state index contributed by atoms with van der Waals surface area (Å²) in [4.78, 5) is 18.1. The van der Waals surface area contributed by atoms with Crippen LogP contribution in [0.25, 0.3) is 11.0 Å². The van der Waals surface area contributed by atoms with E-state index >= 15 is 0 Å². The first-order valence-electron chi connectivity index (χ1n) is 9.77. The summed E-state index contributed by atoms with van der Waals surface area (Å²) in [6.45, 7) is 12.5. The number of ether oxygens (including phenoxy) is 2. The van der Waals surface area contributed by atoms with Crippen LogP contribution in [-0.2, 0) is 5.54 Å². The van der Waals surface area contributed by atoms with Gasteiger partial charge < -0.3 is 14.8 Å². The van der Waals surface area contributed by atoms with E-state index in [1.807, 2.05) is 17.7 Å². The van der Waals surface area contributed by atoms with Crippen molar-refractivity contribution in [1.29, 1.82) is 0 Å². The molecule has 152 valence electrons. The van der Waals surface area contributed by atoms with Gasteiger partial charge in [-0.15, -0.1) is 0 Å². The molecule has 1 aromatic carbocycles. The third-order valence-corrected chi connectivity index (χ3v) is 4.93. The van der Waals surface area contributed by atoms with Gasteiger partial charge in [-0.25, -0.2) is 9.67 Å². The first-order valence-corrected chi connectivity index (χ1v) is 9.77. The molecule has 0 saturated heterocycles. The second-order valence-electron chi connectivity index (χ2n) is 8.64. The van der Waals surface area contributed by atoms with Crippen LogP contribution in [0.5, 0.6) is 11.5 Å². The molecule has 0 aliphatic carbocycles. The highest BCUT2D eigenvalue weighted by molar-refractivity contribution is 6.12. The summed E-state index contributed by atoms with van der Waals surface area (Å²) in [5, 5.41) is 8.46. The molecule has 0 fully saturated rings. The Bertz CT molecular complexity index is 1110. The number of carbonyl (C=O) groups excluding carboxylic acids is 1. The fraction of sp³-hybridized carbons (Fsp3) is 0.409. The number of fused-ring (bicyclic) bond motifs is 2. The van der Waals surface area contributed by atoms with Gasteiger partial charge in [-0.1, -0.05) is 13.8 Å². The van der Waals surface area contributed by atoms with Gasteiger partial charge >= 0.3 is 0 Å². The Hall–Kier alpha value is -3.09. The fourth-order valence-corrected chi connectivity index (χ4v) is 3.42. The van der Waals surface area contributed by atoms with E-state index in [1.54, 1.807) is 18.2 Å². The van der Waals surface area contributed by atoms with Crippen LogP contribution in [0.1, 0.15) is 62.3 Å². The van der Waals surface area contributed by atoms with Gasteiger partial charge in [-0.2, -0.15) is 5.10 Å². The van der Waals surface area contributed by atoms with E-state index in [9.17, 15) is 4.79 Å². The third-order valence-electron chi connectivity index (χ3n) is 4.93. The van der Waals surface area contributed by atoms with Crippen molar-refractivity contribution < 1.29 is 14.3 Å². The molecule has 2 aromatic heterocycles. The standard InChI is InChI=1S/C22H26N4O3/c1-12(2)16-10-15(19-13(3)25-26(20(19)24-16)22(4,5)6)21(27)23-14-7-8-17-18(9-14)29-11-28-17/h7-10,12H,11H2,1-6H3,(H,23,27). The van der Waals surface area contributed by atoms with Crippen molar-refractivity contribution in [3.05, 3.63) is 41.2 Å². The van der Waals surface area contributed by atoms with Crippen LogP contribution in [0.4, 0.5) is 5.69 Å². The van der Waals surface area contributed by atoms with Crippen LogP contribution in [0.15, 0.2) is 24.3 Å². The van der Waals surface area contributed by atoms with Crippen LogP contribution < -0.4 is 14.8 Å². The average molecular weight is 394 g/mol. The Kier molecular flexibility index (Phi) is 4.48. The predicted molar refractivity (Wildman–Crippen MR) is 112 cm³/mol. The molecule has 7 nitrogen and oxygen atoms in total. The zero-order valence-corrected chi connectivity index (χ0v) is 17.7. The first kappa shape index (κ1) is 19.2. The summed E-state index contributed by atoms with van der Waals surface area (Å²) in [5.41, 5.74) is 3.35. The largest absolute Gasteiger partial charge is 0.454 e. The molecule has 0 spiro atoms. The number of anilines is 1. The van der Waals surface area contributed by atoms with Crippen molar-refractivity contribution in [3.8, 4) is 11.5 Å². The molecule has 1 N–H and O–H groups in total. The Labute approximate surface area is 170 Å². The van der Waals surface area contributed by atoms with E-state index in [-0.39, 0.29) is 24.2 Å². The lowest BCUT2D eigenvalue weighted by atomic mass is 10.0. The van der Waals surface area contributed by atoms with Gasteiger partial charge in [-0.05, 0) is 51.8 Å². The van der Waals surface area contributed by atoms with E-state index in [1.165, 1.54) is 0 Å². The number of aryl methyl sites for hydroxylation is 1. The molecular formula is C22H26N4O3. The van der Waals surface area contributed by atoms with Gasteiger partial charge in [0.15, 0.2) is 17.1 Å². The zero-order chi connectivity index (χ0) is 20.9. The molecule has 1 aliphatic heterocycles. The number of carbonyl (C=O) groups is 1. The van der Waals surface area contributed by atoms with E-state index in [0.29, 0.717) is 22.7 Å². The molecule has 0 atom stereocenters. The number of hydrogen-bond acceptors (Lipinski definition) is 5. The summed E-state index contributed by atoms with van der Waals surface area (Å²) >= 11 is 0. The lowest BCUT2D eigenvalue weighted by molar-refractivity contribution is 0.102. The van der Waals surface area contributed by atoms with Crippen LogP contribution in [0.3, 0.4) is 0 Å². The number of amides is 1. The second-order valence-corrected chi connectivity index (χ2v) is 8.64. The van der Waals surface area contributed by atoms with Crippen LogP contribution in [-0.4, -0.2) is 27.5 Å². The van der Waals surface area contributed by atoms with Gasteiger partial charge in [0, 0.05) is 17.4 Å². The predicted octanol–water partition coefficient (Wildman–Crippen LogP) is 4.60. The molecular weight excluding hydrogens is 368 g/mol. The first-order chi connectivity index (χ1) is 13.6. The number of pyridine rings is 1. The van der Waals surface area contributed by atoms with Crippen molar-refractivity contribution in [2.75, 3.05) is 12.1 Å². The van der Waals surface area contributed by atoms with Gasteiger partial charge in [0.2, 0.25) is 6.79 Å². The fourth-order valence-electron chi connectivity index (χ4n) is 3.42. The third kappa shape index (κ3) is 3.41. The zero-order valence-electron chi connectivity index (χ0n) is 17.7. The average Bonchev–Trinajstić information content (AvgIpc) is 3.24. The quantitative estimate of drug-likeness (QED) is 0.702. The Morgan fingerprint density at radius 1 is 1.17 bits per heavy atom. The molecule has 4 rings (SSSR count). The minimum Gasteiger partial charge on any atom is -0.454 e. The monoisotopic (exact) mass is 394 g/mol. The van der Waals surface area contributed by atoms with Crippen molar-refractivity contribution in [2.45, 2.75) is 53.0 Å². The lowest BCUT2D eigenvalue weighted by Gasteiger charge is -2.20. The molecule has 0 radical (unpaired) electrons. The number of benzene rings is 1. The molecule has 3 heterocycles. The van der Waals surface area contributed by atoms with Crippen molar-refractivity contribution in [2.24, 2.45) is 0 Å². The van der Waals surface area contributed by atoms with E-state index < -0.39 is 0 Å². The summed E-state index contributed by atoms with van der Waals surface area (Å²) in [7, 11) is 0. The molecule has 1 aliphatic rings. The molecule has 0 unspecified atom stereocenters. The topological polar surface area (TPSA) is 78.3 Å². The van der Waals surface area contributed by atoms with Crippen LogP contribution in [0, 0.1) is 6.92 Å². The van der Waals surface area contributed by atoms with Crippen LogP contribution in [0.2, 0.25) is 0 Å². The van der Waals surface area contributed by atoms with Gasteiger partial charge in [0.05, 0.1) is 22.2 Å². The maximum Gasteiger partial charge on any atom is 0.256 e. The van der Waals surface area contributed by atoms with Gasteiger partial charge in [0.1, 0.15) is 0 Å². The minimum absolute atomic E-state index is 0.181. The highest BCUT2D eigenvalue weighted by Crippen LogP contribution is 2.35. The van der Waals surface area contributed by atoms with Crippen LogP contribution >= 0.6 is 0 Å². The Morgan fingerprint density at radius 2 is 1.90 bits per heavy atom. The van der Waals surface area contributed by atoms with Crippen molar-refractivity contribution >= 4 is 22.6 Å². The maximum atomic E-state index is 13.3. The highest BCUT2D eigenvalue weighted by atomic mass is 16.7. The molecule has 3 aromatic rings. The Morgan fingerprint density at radius 3 is 2.59 bits per heavy atom. The smallest absolute Gasteiger partial charge is 0.256 e. The van der Waals surface area contributed by atoms with E-state index in [2.05, 4.69) is 39.9 Å². The number of nitrogens with one attached hydrogen (secondary N) is 1. The molecule has 0 bridgehead atoms. The second kappa shape index (κ2) is 6.76. The normalized spacial score (nSPS) is 13.3. The highest BCUT2D eigenvalue weighted by Gasteiger charge is 2.25. The van der Waals surface area contributed by atoms with Gasteiger partial charge in [0.25, 0.3) is 5.91 Å².